The first-order chi connectivity index (χ1) is 9.35. The molecule has 1 heterocycles. The van der Waals surface area contributed by atoms with Crippen molar-refractivity contribution < 1.29 is 18.3 Å². The van der Waals surface area contributed by atoms with Gasteiger partial charge < -0.3 is 10.4 Å². The minimum absolute atomic E-state index is 0.00310. The summed E-state index contributed by atoms with van der Waals surface area (Å²) in [6, 6.07) is 0. The maximum atomic E-state index is 11.9. The summed E-state index contributed by atoms with van der Waals surface area (Å²) in [5.41, 5.74) is -0.279. The molecule has 0 amide bonds. The van der Waals surface area contributed by atoms with Crippen LogP contribution in [0.15, 0.2) is 11.0 Å². The molecule has 20 heavy (non-hydrogen) atoms. The molecule has 0 aliphatic heterocycles. The summed E-state index contributed by atoms with van der Waals surface area (Å²) < 4.78 is 36.8. The van der Waals surface area contributed by atoms with Gasteiger partial charge in [0.1, 0.15) is 5.02 Å². The summed E-state index contributed by atoms with van der Waals surface area (Å²) in [4.78, 5) is 11.7. The van der Waals surface area contributed by atoms with Crippen molar-refractivity contribution in [2.75, 3.05) is 18.5 Å². The third kappa shape index (κ3) is 5.38. The summed E-state index contributed by atoms with van der Waals surface area (Å²) >= 11 is 5.82. The number of hydrogen-bond donors (Lipinski definition) is 2. The lowest BCUT2D eigenvalue weighted by Gasteiger charge is -2.10. The molecule has 9 heteroatoms. The first-order valence-corrected chi connectivity index (χ1v) is 6.40. The van der Waals surface area contributed by atoms with Gasteiger partial charge in [0.15, 0.2) is 0 Å². The van der Waals surface area contributed by atoms with Crippen molar-refractivity contribution in [1.29, 1.82) is 0 Å². The van der Waals surface area contributed by atoms with Crippen LogP contribution in [0.3, 0.4) is 0 Å². The minimum atomic E-state index is -4.15. The lowest BCUT2D eigenvalue weighted by atomic mass is 10.2. The number of aliphatic hydroxyl groups excluding tert-OH is 1. The molecule has 0 unspecified atom stereocenters. The van der Waals surface area contributed by atoms with Gasteiger partial charge >= 0.3 is 6.18 Å². The standard InChI is InChI=1S/C11H15ClF3N3O2/c12-9-8(7-17-18(5-6-19)10(9)20)16-4-2-1-3-11(13,14)15/h7,16,19H,1-6H2. The van der Waals surface area contributed by atoms with Crippen LogP contribution >= 0.6 is 11.6 Å². The lowest BCUT2D eigenvalue weighted by Crippen LogP contribution is -2.25. The second kappa shape index (κ2) is 7.49. The number of aromatic nitrogens is 2. The molecule has 0 spiro atoms. The van der Waals surface area contributed by atoms with Gasteiger partial charge in [-0.2, -0.15) is 18.3 Å². The van der Waals surface area contributed by atoms with E-state index in [0.29, 0.717) is 6.42 Å². The fourth-order valence-corrected chi connectivity index (χ4v) is 1.73. The normalized spacial score (nSPS) is 11.7. The van der Waals surface area contributed by atoms with Crippen LogP contribution in [-0.4, -0.2) is 34.2 Å². The van der Waals surface area contributed by atoms with Gasteiger partial charge in [0.05, 0.1) is 25.0 Å². The van der Waals surface area contributed by atoms with Gasteiger partial charge in [0.25, 0.3) is 5.56 Å². The predicted octanol–water partition coefficient (Wildman–Crippen LogP) is 2.03. The van der Waals surface area contributed by atoms with Crippen molar-refractivity contribution in [1.82, 2.24) is 9.78 Å². The van der Waals surface area contributed by atoms with E-state index in [1.807, 2.05) is 0 Å². The molecule has 0 atom stereocenters. The van der Waals surface area contributed by atoms with Gasteiger partial charge in [-0.1, -0.05) is 11.6 Å². The van der Waals surface area contributed by atoms with Crippen LogP contribution < -0.4 is 10.9 Å². The molecule has 0 saturated heterocycles. The van der Waals surface area contributed by atoms with Crippen LogP contribution in [0.1, 0.15) is 19.3 Å². The summed E-state index contributed by atoms with van der Waals surface area (Å²) in [5, 5.41) is 15.2. The number of nitrogens with zero attached hydrogens (tertiary/aromatic N) is 2. The summed E-state index contributed by atoms with van der Waals surface area (Å²) in [6.07, 6.45) is -3.37. The maximum Gasteiger partial charge on any atom is 0.389 e. The molecule has 0 radical (unpaired) electrons. The van der Waals surface area contributed by atoms with E-state index in [1.54, 1.807) is 0 Å². The topological polar surface area (TPSA) is 67.2 Å². The molecule has 1 aromatic rings. The SMILES string of the molecule is O=c1c(Cl)c(NCCCCC(F)(F)F)cnn1CCO. The van der Waals surface area contributed by atoms with E-state index in [2.05, 4.69) is 10.4 Å². The lowest BCUT2D eigenvalue weighted by molar-refractivity contribution is -0.135. The van der Waals surface area contributed by atoms with Crippen LogP contribution in [-0.2, 0) is 6.54 Å². The molecule has 1 rings (SSSR count). The minimum Gasteiger partial charge on any atom is -0.394 e. The Bertz CT molecular complexity index is 491. The van der Waals surface area contributed by atoms with Gasteiger partial charge in [-0.25, -0.2) is 4.68 Å². The van der Waals surface area contributed by atoms with Crippen molar-refractivity contribution in [3.63, 3.8) is 0 Å². The molecule has 0 bridgehead atoms. The van der Waals surface area contributed by atoms with E-state index in [1.165, 1.54) is 6.20 Å². The Kier molecular flexibility index (Phi) is 6.28. The van der Waals surface area contributed by atoms with E-state index in [4.69, 9.17) is 16.7 Å². The Morgan fingerprint density at radius 1 is 1.40 bits per heavy atom. The number of aliphatic hydroxyl groups is 1. The number of alkyl halides is 3. The Balaban J connectivity index is 2.49. The predicted molar refractivity (Wildman–Crippen MR) is 69.0 cm³/mol. The van der Waals surface area contributed by atoms with Gasteiger partial charge in [0, 0.05) is 13.0 Å². The zero-order valence-electron chi connectivity index (χ0n) is 10.6. The van der Waals surface area contributed by atoms with E-state index in [-0.39, 0.29) is 36.8 Å². The quantitative estimate of drug-likeness (QED) is 0.756. The fourth-order valence-electron chi connectivity index (χ4n) is 1.52. The van der Waals surface area contributed by atoms with Crippen LogP contribution in [0.25, 0.3) is 0 Å². The monoisotopic (exact) mass is 313 g/mol. The third-order valence-electron chi connectivity index (χ3n) is 2.50. The molecule has 1 aromatic heterocycles. The first-order valence-electron chi connectivity index (χ1n) is 6.02. The molecule has 0 fully saturated rings. The van der Waals surface area contributed by atoms with Crippen molar-refractivity contribution in [2.24, 2.45) is 0 Å². The number of anilines is 1. The average Bonchev–Trinajstić information content (AvgIpc) is 2.36. The maximum absolute atomic E-state index is 11.9. The Labute approximate surface area is 118 Å². The van der Waals surface area contributed by atoms with Crippen LogP contribution in [0.2, 0.25) is 5.02 Å². The van der Waals surface area contributed by atoms with Gasteiger partial charge in [-0.15, -0.1) is 0 Å². The van der Waals surface area contributed by atoms with E-state index in [9.17, 15) is 18.0 Å². The van der Waals surface area contributed by atoms with Crippen molar-refractivity contribution in [3.8, 4) is 0 Å². The molecule has 2 N–H and O–H groups in total. The molecule has 0 aliphatic rings. The molecular formula is C11H15ClF3N3O2. The summed E-state index contributed by atoms with van der Waals surface area (Å²) in [5.74, 6) is 0. The van der Waals surface area contributed by atoms with E-state index >= 15 is 0 Å². The van der Waals surface area contributed by atoms with Gasteiger partial charge in [-0.05, 0) is 12.8 Å². The summed E-state index contributed by atoms with van der Waals surface area (Å²) in [6.45, 7) is 0.0544. The largest absolute Gasteiger partial charge is 0.394 e. The number of nitrogens with one attached hydrogen (secondary N) is 1. The average molecular weight is 314 g/mol. The third-order valence-corrected chi connectivity index (χ3v) is 2.86. The van der Waals surface area contributed by atoms with Crippen LogP contribution in [0.5, 0.6) is 0 Å². The van der Waals surface area contributed by atoms with Gasteiger partial charge in [0.2, 0.25) is 0 Å². The van der Waals surface area contributed by atoms with Crippen LogP contribution in [0.4, 0.5) is 18.9 Å². The van der Waals surface area contributed by atoms with E-state index in [0.717, 1.165) is 4.68 Å². The van der Waals surface area contributed by atoms with Crippen molar-refractivity contribution in [2.45, 2.75) is 32.0 Å². The highest BCUT2D eigenvalue weighted by molar-refractivity contribution is 6.32. The smallest absolute Gasteiger partial charge is 0.389 e. The Hall–Kier alpha value is -1.28. The number of hydrogen-bond acceptors (Lipinski definition) is 4. The Morgan fingerprint density at radius 2 is 2.10 bits per heavy atom. The highest BCUT2D eigenvalue weighted by atomic mass is 35.5. The molecule has 5 nitrogen and oxygen atoms in total. The fraction of sp³-hybridized carbons (Fsp3) is 0.636. The zero-order valence-corrected chi connectivity index (χ0v) is 11.3. The number of unbranched alkanes of at least 4 members (excludes halogenated alkanes) is 1. The second-order valence-corrected chi connectivity index (χ2v) is 4.50. The molecular weight excluding hydrogens is 299 g/mol. The van der Waals surface area contributed by atoms with E-state index < -0.39 is 18.2 Å². The highest BCUT2D eigenvalue weighted by Crippen LogP contribution is 2.22. The highest BCUT2D eigenvalue weighted by Gasteiger charge is 2.25. The summed E-state index contributed by atoms with van der Waals surface area (Å²) in [7, 11) is 0. The molecule has 114 valence electrons. The second-order valence-electron chi connectivity index (χ2n) is 4.12. The first kappa shape index (κ1) is 16.8. The number of halogens is 4. The van der Waals surface area contributed by atoms with Crippen molar-refractivity contribution >= 4 is 17.3 Å². The van der Waals surface area contributed by atoms with Crippen LogP contribution in [0, 0.1) is 0 Å². The molecule has 0 saturated carbocycles. The Morgan fingerprint density at radius 3 is 2.70 bits per heavy atom. The number of rotatable bonds is 7. The van der Waals surface area contributed by atoms with Gasteiger partial charge in [-0.3, -0.25) is 4.79 Å². The molecule has 0 aliphatic carbocycles. The molecule has 0 aromatic carbocycles. The zero-order chi connectivity index (χ0) is 15.2. The van der Waals surface area contributed by atoms with Crippen molar-refractivity contribution in [3.05, 3.63) is 21.6 Å².